The lowest BCUT2D eigenvalue weighted by atomic mass is 9.82. The molecule has 2 atom stereocenters. The summed E-state index contributed by atoms with van der Waals surface area (Å²) in [6.07, 6.45) is 8.98. The van der Waals surface area contributed by atoms with Gasteiger partial charge in [0.25, 0.3) is 0 Å². The Morgan fingerprint density at radius 3 is 3.05 bits per heavy atom. The SMILES string of the molecule is CN(Cc1nccn1C)C1(CN)CCN2CCCC2C1. The van der Waals surface area contributed by atoms with E-state index in [1.165, 1.54) is 38.8 Å². The van der Waals surface area contributed by atoms with E-state index in [-0.39, 0.29) is 5.54 Å². The molecule has 0 amide bonds. The van der Waals surface area contributed by atoms with Crippen molar-refractivity contribution in [3.63, 3.8) is 0 Å². The summed E-state index contributed by atoms with van der Waals surface area (Å²) in [5.74, 6) is 1.12. The normalized spacial score (nSPS) is 30.9. The minimum atomic E-state index is 0.150. The summed E-state index contributed by atoms with van der Waals surface area (Å²) in [5.41, 5.74) is 6.35. The van der Waals surface area contributed by atoms with Crippen molar-refractivity contribution in [2.75, 3.05) is 26.7 Å². The van der Waals surface area contributed by atoms with E-state index in [1.54, 1.807) is 0 Å². The van der Waals surface area contributed by atoms with Crippen LogP contribution in [0.1, 0.15) is 31.5 Å². The van der Waals surface area contributed by atoms with Crippen LogP contribution in [0.4, 0.5) is 0 Å². The van der Waals surface area contributed by atoms with Gasteiger partial charge in [-0.05, 0) is 39.3 Å². The standard InChI is InChI=1S/C15H27N5/c1-18-9-6-17-14(18)11-19(2)15(12-16)5-8-20-7-3-4-13(20)10-15/h6,9,13H,3-5,7-8,10-12,16H2,1-2H3. The average Bonchev–Trinajstić information content (AvgIpc) is 3.07. The third kappa shape index (κ3) is 2.38. The molecule has 0 aliphatic carbocycles. The summed E-state index contributed by atoms with van der Waals surface area (Å²) in [5, 5.41) is 0. The van der Waals surface area contributed by atoms with Crippen molar-refractivity contribution in [2.45, 2.75) is 43.8 Å². The van der Waals surface area contributed by atoms with Gasteiger partial charge in [0, 0.05) is 44.1 Å². The Kier molecular flexibility index (Phi) is 3.84. The van der Waals surface area contributed by atoms with Crippen molar-refractivity contribution in [2.24, 2.45) is 12.8 Å². The Morgan fingerprint density at radius 2 is 2.35 bits per heavy atom. The van der Waals surface area contributed by atoms with Crippen LogP contribution in [0.3, 0.4) is 0 Å². The average molecular weight is 277 g/mol. The number of nitrogens with zero attached hydrogens (tertiary/aromatic N) is 4. The molecule has 0 bridgehead atoms. The highest BCUT2D eigenvalue weighted by molar-refractivity contribution is 5.03. The lowest BCUT2D eigenvalue weighted by Gasteiger charge is -2.48. The highest BCUT2D eigenvalue weighted by Crippen LogP contribution is 2.36. The molecule has 2 aliphatic rings. The smallest absolute Gasteiger partial charge is 0.122 e. The maximum atomic E-state index is 6.20. The molecule has 2 aliphatic heterocycles. The summed E-state index contributed by atoms with van der Waals surface area (Å²) in [6, 6.07) is 0.746. The number of likely N-dealkylation sites (N-methyl/N-ethyl adjacent to an activating group) is 1. The molecule has 0 saturated carbocycles. The van der Waals surface area contributed by atoms with E-state index in [0.717, 1.165) is 25.0 Å². The van der Waals surface area contributed by atoms with Crippen molar-refractivity contribution in [3.05, 3.63) is 18.2 Å². The summed E-state index contributed by atoms with van der Waals surface area (Å²) < 4.78 is 2.10. The second kappa shape index (κ2) is 5.47. The fourth-order valence-corrected chi connectivity index (χ4v) is 3.93. The van der Waals surface area contributed by atoms with Gasteiger partial charge in [0.2, 0.25) is 0 Å². The number of nitrogens with two attached hydrogens (primary N) is 1. The lowest BCUT2D eigenvalue weighted by molar-refractivity contribution is 0.0202. The van der Waals surface area contributed by atoms with E-state index in [9.17, 15) is 0 Å². The molecular weight excluding hydrogens is 250 g/mol. The second-order valence-electron chi connectivity index (χ2n) is 6.53. The molecule has 0 spiro atoms. The molecule has 0 aromatic carbocycles. The van der Waals surface area contributed by atoms with Crippen LogP contribution < -0.4 is 5.73 Å². The monoisotopic (exact) mass is 277 g/mol. The Morgan fingerprint density at radius 1 is 1.50 bits per heavy atom. The van der Waals surface area contributed by atoms with Crippen molar-refractivity contribution in [3.8, 4) is 0 Å². The summed E-state index contributed by atoms with van der Waals surface area (Å²) in [4.78, 5) is 9.56. The zero-order chi connectivity index (χ0) is 14.2. The quantitative estimate of drug-likeness (QED) is 0.885. The Balaban J connectivity index is 1.73. The van der Waals surface area contributed by atoms with Gasteiger partial charge in [-0.25, -0.2) is 4.98 Å². The van der Waals surface area contributed by atoms with Gasteiger partial charge in [-0.1, -0.05) is 0 Å². The molecule has 2 unspecified atom stereocenters. The number of hydrogen-bond donors (Lipinski definition) is 1. The predicted octanol–water partition coefficient (Wildman–Crippen LogP) is 0.808. The molecule has 3 rings (SSSR count). The van der Waals surface area contributed by atoms with Gasteiger partial charge < -0.3 is 15.2 Å². The maximum Gasteiger partial charge on any atom is 0.122 e. The van der Waals surface area contributed by atoms with E-state index in [2.05, 4.69) is 33.4 Å². The predicted molar refractivity (Wildman–Crippen MR) is 80.3 cm³/mol. The summed E-state index contributed by atoms with van der Waals surface area (Å²) in [7, 11) is 4.27. The molecule has 2 saturated heterocycles. The molecule has 112 valence electrons. The van der Waals surface area contributed by atoms with Gasteiger partial charge in [-0.2, -0.15) is 0 Å². The van der Waals surface area contributed by atoms with Crippen molar-refractivity contribution >= 4 is 0 Å². The first-order valence-corrected chi connectivity index (χ1v) is 7.76. The number of piperidine rings is 1. The van der Waals surface area contributed by atoms with Crippen LogP contribution in [-0.4, -0.2) is 57.6 Å². The molecule has 3 heterocycles. The zero-order valence-corrected chi connectivity index (χ0v) is 12.8. The molecule has 1 aromatic heterocycles. The van der Waals surface area contributed by atoms with Crippen LogP contribution in [0.2, 0.25) is 0 Å². The largest absolute Gasteiger partial charge is 0.337 e. The number of fused-ring (bicyclic) bond motifs is 1. The number of hydrogen-bond acceptors (Lipinski definition) is 4. The van der Waals surface area contributed by atoms with Gasteiger partial charge in [0.1, 0.15) is 5.82 Å². The van der Waals surface area contributed by atoms with E-state index in [4.69, 9.17) is 5.73 Å². The molecule has 1 aromatic rings. The van der Waals surface area contributed by atoms with Crippen LogP contribution >= 0.6 is 0 Å². The molecule has 5 nitrogen and oxygen atoms in total. The first-order valence-electron chi connectivity index (χ1n) is 7.76. The third-order valence-electron chi connectivity index (χ3n) is 5.47. The topological polar surface area (TPSA) is 50.3 Å². The first-order chi connectivity index (χ1) is 9.64. The van der Waals surface area contributed by atoms with Gasteiger partial charge in [0.05, 0.1) is 6.54 Å². The Hall–Kier alpha value is -0.910. The highest BCUT2D eigenvalue weighted by atomic mass is 15.3. The minimum absolute atomic E-state index is 0.150. The maximum absolute atomic E-state index is 6.20. The summed E-state index contributed by atoms with van der Waals surface area (Å²) >= 11 is 0. The van der Waals surface area contributed by atoms with Gasteiger partial charge in [-0.15, -0.1) is 0 Å². The van der Waals surface area contributed by atoms with Gasteiger partial charge in [0.15, 0.2) is 0 Å². The van der Waals surface area contributed by atoms with Crippen LogP contribution in [0, 0.1) is 0 Å². The van der Waals surface area contributed by atoms with Crippen LogP contribution in [-0.2, 0) is 13.6 Å². The first kappa shape index (κ1) is 14.0. The molecule has 20 heavy (non-hydrogen) atoms. The van der Waals surface area contributed by atoms with E-state index in [0.29, 0.717) is 0 Å². The molecular formula is C15H27N5. The third-order valence-corrected chi connectivity index (χ3v) is 5.47. The van der Waals surface area contributed by atoms with Crippen molar-refractivity contribution in [1.82, 2.24) is 19.4 Å². The number of aromatic nitrogens is 2. The van der Waals surface area contributed by atoms with Crippen LogP contribution in [0.5, 0.6) is 0 Å². The molecule has 2 fully saturated rings. The molecule has 0 radical (unpaired) electrons. The van der Waals surface area contributed by atoms with E-state index in [1.807, 2.05) is 12.4 Å². The van der Waals surface area contributed by atoms with Crippen molar-refractivity contribution < 1.29 is 0 Å². The summed E-state index contributed by atoms with van der Waals surface area (Å²) in [6.45, 7) is 4.12. The van der Waals surface area contributed by atoms with Gasteiger partial charge in [-0.3, -0.25) is 4.90 Å². The number of aryl methyl sites for hydroxylation is 1. The fraction of sp³-hybridized carbons (Fsp3) is 0.800. The number of rotatable bonds is 4. The minimum Gasteiger partial charge on any atom is -0.337 e. The Labute approximate surface area is 121 Å². The van der Waals surface area contributed by atoms with Crippen LogP contribution in [0.15, 0.2) is 12.4 Å². The fourth-order valence-electron chi connectivity index (χ4n) is 3.93. The molecule has 2 N–H and O–H groups in total. The Bertz CT molecular complexity index is 457. The zero-order valence-electron chi connectivity index (χ0n) is 12.8. The van der Waals surface area contributed by atoms with Gasteiger partial charge >= 0.3 is 0 Å². The van der Waals surface area contributed by atoms with Crippen molar-refractivity contribution in [1.29, 1.82) is 0 Å². The van der Waals surface area contributed by atoms with E-state index < -0.39 is 0 Å². The lowest BCUT2D eigenvalue weighted by Crippen LogP contribution is -2.59. The number of imidazole rings is 1. The van der Waals surface area contributed by atoms with E-state index >= 15 is 0 Å². The van der Waals surface area contributed by atoms with Crippen LogP contribution in [0.25, 0.3) is 0 Å². The second-order valence-corrected chi connectivity index (χ2v) is 6.53. The molecule has 5 heteroatoms. The highest BCUT2D eigenvalue weighted by Gasteiger charge is 2.43.